The van der Waals surface area contributed by atoms with Gasteiger partial charge in [0.2, 0.25) is 11.3 Å². The molecular formula is C23H19F5N4O4. The van der Waals surface area contributed by atoms with Gasteiger partial charge in [-0.05, 0) is 30.7 Å². The van der Waals surface area contributed by atoms with Gasteiger partial charge in [-0.15, -0.1) is 0 Å². The lowest BCUT2D eigenvalue weighted by molar-refractivity contribution is -0.153. The van der Waals surface area contributed by atoms with Crippen LogP contribution in [-0.2, 0) is 4.79 Å². The minimum atomic E-state index is -4.79. The van der Waals surface area contributed by atoms with Gasteiger partial charge in [0.25, 0.3) is 5.91 Å². The number of para-hydroxylation sites is 1. The smallest absolute Gasteiger partial charge is 0.391 e. The molecule has 0 radical (unpaired) electrons. The average Bonchev–Trinajstić information content (AvgIpc) is 3.15. The van der Waals surface area contributed by atoms with Gasteiger partial charge in [0.15, 0.2) is 5.65 Å². The Bertz CT molecular complexity index is 1400. The number of benzene rings is 1. The Hall–Kier alpha value is -3.87. The first-order valence-electron chi connectivity index (χ1n) is 10.8. The number of nitrogens with zero attached hydrogens (tertiary/aromatic N) is 3. The van der Waals surface area contributed by atoms with Gasteiger partial charge in [-0.1, -0.05) is 13.0 Å². The molecule has 2 aromatic heterocycles. The Labute approximate surface area is 200 Å². The molecule has 3 heterocycles. The lowest BCUT2D eigenvalue weighted by Gasteiger charge is -2.21. The Morgan fingerprint density at radius 1 is 1.19 bits per heavy atom. The number of aromatic nitrogens is 2. The second-order valence-corrected chi connectivity index (χ2v) is 8.19. The van der Waals surface area contributed by atoms with Gasteiger partial charge in [0, 0.05) is 6.20 Å². The van der Waals surface area contributed by atoms with Crippen molar-refractivity contribution in [2.24, 2.45) is 0 Å². The number of pyridine rings is 2. The zero-order valence-corrected chi connectivity index (χ0v) is 18.6. The van der Waals surface area contributed by atoms with Crippen molar-refractivity contribution in [1.82, 2.24) is 14.9 Å². The number of carbonyl (C=O) groups excluding carboxylic acids is 2. The van der Waals surface area contributed by atoms with Crippen LogP contribution in [0.25, 0.3) is 16.7 Å². The number of aliphatic hydroxyl groups is 1. The minimum absolute atomic E-state index is 0.0331. The van der Waals surface area contributed by atoms with Crippen molar-refractivity contribution in [3.05, 3.63) is 63.9 Å². The maximum Gasteiger partial charge on any atom is 0.408 e. The van der Waals surface area contributed by atoms with E-state index in [-0.39, 0.29) is 29.8 Å². The fraction of sp³-hybridized carbons (Fsp3) is 0.304. The Balaban J connectivity index is 1.95. The van der Waals surface area contributed by atoms with Gasteiger partial charge in [0.05, 0.1) is 24.5 Å². The first-order valence-corrected chi connectivity index (χ1v) is 10.8. The molecule has 8 nitrogen and oxygen atoms in total. The quantitative estimate of drug-likeness (QED) is 0.514. The Kier molecular flexibility index (Phi) is 6.52. The second-order valence-electron chi connectivity index (χ2n) is 8.19. The number of aliphatic hydroxyl groups excluding tert-OH is 1. The summed E-state index contributed by atoms with van der Waals surface area (Å²) in [5.74, 6) is -4.11. The van der Waals surface area contributed by atoms with Gasteiger partial charge in [-0.2, -0.15) is 13.2 Å². The van der Waals surface area contributed by atoms with Crippen LogP contribution in [0.1, 0.15) is 30.1 Å². The van der Waals surface area contributed by atoms with Crippen LogP contribution in [-0.4, -0.2) is 51.3 Å². The molecule has 0 bridgehead atoms. The summed E-state index contributed by atoms with van der Waals surface area (Å²) < 4.78 is 69.8. The highest BCUT2D eigenvalue weighted by atomic mass is 19.4. The predicted octanol–water partition coefficient (Wildman–Crippen LogP) is 2.83. The second kappa shape index (κ2) is 9.30. The standard InChI is InChI=1S/C23H19F5N4O4/c1-2-16(23(26,27)28)29-22(36)13-10-32(19-14(24)4-3-5-15(19)25)21-12(20(13)35)6-7-17(30-21)31-9-11(33)8-18(31)34/h3-7,10-11,16,33H,2,8-9H2,1H3,(H,29,36)/t11-,16-/m0/s1. The van der Waals surface area contributed by atoms with Crippen LogP contribution in [0.5, 0.6) is 0 Å². The van der Waals surface area contributed by atoms with E-state index in [9.17, 15) is 41.4 Å². The van der Waals surface area contributed by atoms with Crippen molar-refractivity contribution in [2.75, 3.05) is 11.4 Å². The summed E-state index contributed by atoms with van der Waals surface area (Å²) in [5, 5.41) is 11.2. The summed E-state index contributed by atoms with van der Waals surface area (Å²) in [4.78, 5) is 43.3. The highest BCUT2D eigenvalue weighted by Gasteiger charge is 2.40. The van der Waals surface area contributed by atoms with Gasteiger partial charge < -0.3 is 10.4 Å². The number of nitrogens with one attached hydrogen (secondary N) is 1. The van der Waals surface area contributed by atoms with Crippen molar-refractivity contribution in [1.29, 1.82) is 0 Å². The number of alkyl halides is 3. The van der Waals surface area contributed by atoms with Gasteiger partial charge >= 0.3 is 6.18 Å². The van der Waals surface area contributed by atoms with Crippen LogP contribution in [0.4, 0.5) is 27.8 Å². The molecule has 13 heteroatoms. The molecule has 0 saturated carbocycles. The van der Waals surface area contributed by atoms with Crippen LogP contribution in [0, 0.1) is 11.6 Å². The third-order valence-corrected chi connectivity index (χ3v) is 5.75. The van der Waals surface area contributed by atoms with Gasteiger partial charge in [0.1, 0.15) is 34.7 Å². The highest BCUT2D eigenvalue weighted by molar-refractivity contribution is 5.99. The summed E-state index contributed by atoms with van der Waals surface area (Å²) >= 11 is 0. The number of amides is 2. The van der Waals surface area contributed by atoms with Gasteiger partial charge in [-0.25, -0.2) is 13.8 Å². The van der Waals surface area contributed by atoms with E-state index < -0.39 is 64.9 Å². The van der Waals surface area contributed by atoms with Crippen molar-refractivity contribution >= 4 is 28.7 Å². The summed E-state index contributed by atoms with van der Waals surface area (Å²) in [5.41, 5.74) is -2.92. The first kappa shape index (κ1) is 25.2. The Morgan fingerprint density at radius 3 is 2.42 bits per heavy atom. The van der Waals surface area contributed by atoms with Crippen LogP contribution in [0.15, 0.2) is 41.3 Å². The molecule has 0 aliphatic carbocycles. The number of β-amino-alcohol motifs (C(OH)–C–C–N with tert-alkyl or cyclic N) is 1. The van der Waals surface area contributed by atoms with Crippen molar-refractivity contribution in [3.8, 4) is 5.69 Å². The maximum atomic E-state index is 14.7. The zero-order valence-electron chi connectivity index (χ0n) is 18.6. The maximum absolute atomic E-state index is 14.7. The van der Waals surface area contributed by atoms with Crippen LogP contribution in [0.3, 0.4) is 0 Å². The normalized spacial score (nSPS) is 17.0. The fourth-order valence-electron chi connectivity index (χ4n) is 3.96. The van der Waals surface area contributed by atoms with Crippen molar-refractivity contribution in [2.45, 2.75) is 38.1 Å². The predicted molar refractivity (Wildman–Crippen MR) is 118 cm³/mol. The number of halogens is 5. The number of carbonyl (C=O) groups is 2. The molecule has 0 unspecified atom stereocenters. The molecule has 1 aromatic carbocycles. The van der Waals surface area contributed by atoms with E-state index in [1.54, 1.807) is 5.32 Å². The number of fused-ring (bicyclic) bond motifs is 1. The molecule has 3 aromatic rings. The van der Waals surface area contributed by atoms with Crippen LogP contribution in [0.2, 0.25) is 0 Å². The summed E-state index contributed by atoms with van der Waals surface area (Å²) in [6.45, 7) is 1.08. The van der Waals surface area contributed by atoms with Crippen LogP contribution < -0.4 is 15.6 Å². The first-order chi connectivity index (χ1) is 16.9. The lowest BCUT2D eigenvalue weighted by Crippen LogP contribution is -2.46. The van der Waals surface area contributed by atoms with E-state index in [0.717, 1.165) is 33.7 Å². The SMILES string of the molecule is CC[C@H](NC(=O)c1cn(-c2c(F)cccc2F)c2nc(N3C[C@@H](O)CC3=O)ccc2c1=O)C(F)(F)F. The zero-order chi connectivity index (χ0) is 26.4. The molecule has 4 rings (SSSR count). The molecule has 2 N–H and O–H groups in total. The molecule has 2 atom stereocenters. The van der Waals surface area contributed by atoms with E-state index in [1.165, 1.54) is 13.0 Å². The number of rotatable bonds is 5. The topological polar surface area (TPSA) is 105 Å². The monoisotopic (exact) mass is 510 g/mol. The van der Waals surface area contributed by atoms with E-state index in [0.29, 0.717) is 6.20 Å². The number of hydrogen-bond donors (Lipinski definition) is 2. The van der Waals surface area contributed by atoms with Crippen molar-refractivity contribution < 1.29 is 36.6 Å². The molecule has 190 valence electrons. The highest BCUT2D eigenvalue weighted by Crippen LogP contribution is 2.27. The molecule has 1 aliphatic rings. The average molecular weight is 510 g/mol. The molecule has 2 amide bonds. The number of hydrogen-bond acceptors (Lipinski definition) is 5. The fourth-order valence-corrected chi connectivity index (χ4v) is 3.96. The van der Waals surface area contributed by atoms with E-state index in [2.05, 4.69) is 4.98 Å². The third kappa shape index (κ3) is 4.53. The molecule has 1 saturated heterocycles. The minimum Gasteiger partial charge on any atom is -0.391 e. The summed E-state index contributed by atoms with van der Waals surface area (Å²) in [6.07, 6.45) is -5.74. The molecule has 0 spiro atoms. The lowest BCUT2D eigenvalue weighted by atomic mass is 10.1. The molecular weight excluding hydrogens is 491 g/mol. The van der Waals surface area contributed by atoms with Crippen molar-refractivity contribution in [3.63, 3.8) is 0 Å². The molecule has 1 aliphatic heterocycles. The largest absolute Gasteiger partial charge is 0.408 e. The number of anilines is 1. The van der Waals surface area contributed by atoms with E-state index in [4.69, 9.17) is 0 Å². The molecule has 1 fully saturated rings. The van der Waals surface area contributed by atoms with Gasteiger partial charge in [-0.3, -0.25) is 23.9 Å². The van der Waals surface area contributed by atoms with E-state index >= 15 is 0 Å². The molecule has 36 heavy (non-hydrogen) atoms. The summed E-state index contributed by atoms with van der Waals surface area (Å²) in [6, 6.07) is 3.00. The van der Waals surface area contributed by atoms with E-state index in [1.807, 2.05) is 0 Å². The third-order valence-electron chi connectivity index (χ3n) is 5.75. The summed E-state index contributed by atoms with van der Waals surface area (Å²) in [7, 11) is 0. The Morgan fingerprint density at radius 2 is 1.86 bits per heavy atom. The van der Waals surface area contributed by atoms with Crippen LogP contribution >= 0.6 is 0 Å².